The smallest absolute Gasteiger partial charge is 0.316 e. The average Bonchev–Trinajstić information content (AvgIpc) is 2.45. The van der Waals surface area contributed by atoms with E-state index in [4.69, 9.17) is 0 Å². The Morgan fingerprint density at radius 1 is 1.10 bits per heavy atom. The molecule has 108 valence electrons. The summed E-state index contributed by atoms with van der Waals surface area (Å²) in [5.41, 5.74) is -1.14. The van der Waals surface area contributed by atoms with Gasteiger partial charge in [0.05, 0.1) is 0 Å². The van der Waals surface area contributed by atoms with Gasteiger partial charge in [-0.2, -0.15) is 0 Å². The lowest BCUT2D eigenvalue weighted by atomic mass is 10.6. The van der Waals surface area contributed by atoms with Gasteiger partial charge in [0, 0.05) is 37.9 Å². The Morgan fingerprint density at radius 3 is 2.20 bits per heavy atom. The van der Waals surface area contributed by atoms with Gasteiger partial charge in [-0.15, -0.1) is 0 Å². The number of nitrogens with one attached hydrogen (secondary N) is 1. The van der Waals surface area contributed by atoms with Crippen molar-refractivity contribution in [3.05, 3.63) is 60.5 Å². The van der Waals surface area contributed by atoms with Gasteiger partial charge in [-0.1, -0.05) is 0 Å². The molecule has 0 unspecified atom stereocenters. The SMILES string of the molecule is CCn1cc[nH]c(=O)c1=O.CCn1ccnc(Br)c1=O. The van der Waals surface area contributed by atoms with Crippen molar-refractivity contribution < 1.29 is 0 Å². The van der Waals surface area contributed by atoms with Crippen LogP contribution in [0.1, 0.15) is 13.8 Å². The Morgan fingerprint density at radius 2 is 1.70 bits per heavy atom. The van der Waals surface area contributed by atoms with Crippen LogP contribution in [0.4, 0.5) is 0 Å². The van der Waals surface area contributed by atoms with Crippen molar-refractivity contribution >= 4 is 15.9 Å². The lowest BCUT2D eigenvalue weighted by molar-refractivity contribution is 0.708. The number of H-pyrrole nitrogens is 1. The van der Waals surface area contributed by atoms with Gasteiger partial charge >= 0.3 is 11.1 Å². The van der Waals surface area contributed by atoms with Crippen molar-refractivity contribution in [1.82, 2.24) is 19.1 Å². The van der Waals surface area contributed by atoms with Crippen molar-refractivity contribution in [2.45, 2.75) is 26.9 Å². The third-order valence-electron chi connectivity index (χ3n) is 2.48. The molecule has 7 nitrogen and oxygen atoms in total. The number of aryl methyl sites for hydroxylation is 2. The fourth-order valence-electron chi connectivity index (χ4n) is 1.38. The maximum absolute atomic E-state index is 11.1. The normalized spacial score (nSPS) is 9.75. The summed E-state index contributed by atoms with van der Waals surface area (Å²) in [6.45, 7) is 4.93. The summed E-state index contributed by atoms with van der Waals surface area (Å²) in [4.78, 5) is 38.5. The van der Waals surface area contributed by atoms with Crippen molar-refractivity contribution in [3.8, 4) is 0 Å². The van der Waals surface area contributed by atoms with Crippen LogP contribution in [0.2, 0.25) is 0 Å². The summed E-state index contributed by atoms with van der Waals surface area (Å²) < 4.78 is 3.30. The van der Waals surface area contributed by atoms with Gasteiger partial charge in [0.1, 0.15) is 0 Å². The summed E-state index contributed by atoms with van der Waals surface area (Å²) in [7, 11) is 0. The Bertz CT molecular complexity index is 732. The minimum Gasteiger partial charge on any atom is -0.323 e. The molecule has 0 amide bonds. The number of hydrogen-bond donors (Lipinski definition) is 1. The molecule has 2 heterocycles. The molecule has 0 radical (unpaired) electrons. The highest BCUT2D eigenvalue weighted by molar-refractivity contribution is 9.10. The molecule has 1 N–H and O–H groups in total. The standard InChI is InChI=1S/C6H7BrN2O.C6H8N2O2/c1-2-9-4-3-8-5(7)6(9)10;1-2-8-4-3-7-5(9)6(8)10/h3-4H,2H2,1H3;3-4H,2H2,1H3,(H,7,9). The first-order chi connectivity index (χ1) is 9.51. The molecule has 2 aromatic heterocycles. The van der Waals surface area contributed by atoms with Crippen LogP contribution in [-0.2, 0) is 13.1 Å². The first kappa shape index (κ1) is 16.1. The van der Waals surface area contributed by atoms with E-state index in [1.54, 1.807) is 30.1 Å². The quantitative estimate of drug-likeness (QED) is 0.808. The van der Waals surface area contributed by atoms with Crippen LogP contribution in [0.25, 0.3) is 0 Å². The molecule has 2 aromatic rings. The monoisotopic (exact) mass is 342 g/mol. The first-order valence-corrected chi connectivity index (χ1v) is 6.79. The van der Waals surface area contributed by atoms with Gasteiger partial charge in [-0.25, -0.2) is 4.98 Å². The van der Waals surface area contributed by atoms with Crippen LogP contribution in [0, 0.1) is 0 Å². The molecular formula is C12H15BrN4O3. The molecule has 0 aliphatic rings. The summed E-state index contributed by atoms with van der Waals surface area (Å²) >= 11 is 3.04. The highest BCUT2D eigenvalue weighted by Crippen LogP contribution is 1.94. The first-order valence-electron chi connectivity index (χ1n) is 6.00. The van der Waals surface area contributed by atoms with Crippen molar-refractivity contribution in [3.63, 3.8) is 0 Å². The molecule has 0 aromatic carbocycles. The predicted molar refractivity (Wildman–Crippen MR) is 78.9 cm³/mol. The lowest BCUT2D eigenvalue weighted by Gasteiger charge is -1.98. The van der Waals surface area contributed by atoms with Crippen molar-refractivity contribution in [1.29, 1.82) is 0 Å². The minimum atomic E-state index is -0.565. The summed E-state index contributed by atoms with van der Waals surface area (Å²) in [6, 6.07) is 0. The van der Waals surface area contributed by atoms with Crippen LogP contribution >= 0.6 is 15.9 Å². The molecule has 0 atom stereocenters. The van der Waals surface area contributed by atoms with E-state index in [1.165, 1.54) is 10.8 Å². The second kappa shape index (κ2) is 7.59. The summed E-state index contributed by atoms with van der Waals surface area (Å²) in [6.07, 6.45) is 6.25. The molecule has 0 aliphatic carbocycles. The van der Waals surface area contributed by atoms with Gasteiger partial charge in [0.2, 0.25) is 0 Å². The Hall–Kier alpha value is -1.96. The van der Waals surface area contributed by atoms with E-state index in [9.17, 15) is 14.4 Å². The highest BCUT2D eigenvalue weighted by Gasteiger charge is 1.96. The number of nitrogens with zero attached hydrogens (tertiary/aromatic N) is 3. The fraction of sp³-hybridized carbons (Fsp3) is 0.333. The predicted octanol–water partition coefficient (Wildman–Crippen LogP) is 0.582. The highest BCUT2D eigenvalue weighted by atomic mass is 79.9. The molecule has 8 heteroatoms. The molecule has 0 saturated heterocycles. The third-order valence-corrected chi connectivity index (χ3v) is 3.02. The number of hydrogen-bond acceptors (Lipinski definition) is 4. The van der Waals surface area contributed by atoms with E-state index in [0.717, 1.165) is 0 Å². The Kier molecular flexibility index (Phi) is 6.10. The second-order valence-electron chi connectivity index (χ2n) is 3.69. The molecule has 0 fully saturated rings. The molecule has 0 bridgehead atoms. The van der Waals surface area contributed by atoms with E-state index >= 15 is 0 Å². The minimum absolute atomic E-state index is 0.0787. The van der Waals surface area contributed by atoms with Crippen LogP contribution in [0.3, 0.4) is 0 Å². The maximum Gasteiger partial charge on any atom is 0.316 e. The molecule has 0 spiro atoms. The summed E-state index contributed by atoms with van der Waals surface area (Å²) in [5.74, 6) is 0. The number of rotatable bonds is 2. The van der Waals surface area contributed by atoms with Crippen LogP contribution in [0.5, 0.6) is 0 Å². The number of aromatic nitrogens is 4. The van der Waals surface area contributed by atoms with Gasteiger partial charge in [0.15, 0.2) is 4.60 Å². The van der Waals surface area contributed by atoms with E-state index in [-0.39, 0.29) is 5.56 Å². The van der Waals surface area contributed by atoms with Gasteiger partial charge in [-0.3, -0.25) is 14.4 Å². The third kappa shape index (κ3) is 4.02. The van der Waals surface area contributed by atoms with E-state index in [0.29, 0.717) is 17.7 Å². The topological polar surface area (TPSA) is 89.8 Å². The molecular weight excluding hydrogens is 328 g/mol. The zero-order valence-electron chi connectivity index (χ0n) is 11.2. The van der Waals surface area contributed by atoms with Crippen molar-refractivity contribution in [2.75, 3.05) is 0 Å². The zero-order chi connectivity index (χ0) is 15.1. The van der Waals surface area contributed by atoms with Crippen LogP contribution in [0.15, 0.2) is 43.8 Å². The zero-order valence-corrected chi connectivity index (χ0v) is 12.8. The maximum atomic E-state index is 11.1. The van der Waals surface area contributed by atoms with E-state index in [1.807, 2.05) is 6.92 Å². The van der Waals surface area contributed by atoms with Crippen LogP contribution < -0.4 is 16.7 Å². The van der Waals surface area contributed by atoms with Crippen molar-refractivity contribution in [2.24, 2.45) is 0 Å². The molecule has 20 heavy (non-hydrogen) atoms. The largest absolute Gasteiger partial charge is 0.323 e. The Balaban J connectivity index is 0.000000200. The molecule has 0 aliphatic heterocycles. The van der Waals surface area contributed by atoms with Gasteiger partial charge in [0.25, 0.3) is 5.56 Å². The lowest BCUT2D eigenvalue weighted by Crippen LogP contribution is -2.34. The van der Waals surface area contributed by atoms with E-state index in [2.05, 4.69) is 25.9 Å². The average molecular weight is 343 g/mol. The Labute approximate surface area is 123 Å². The number of aromatic amines is 1. The van der Waals surface area contributed by atoms with Gasteiger partial charge < -0.3 is 14.1 Å². The van der Waals surface area contributed by atoms with Crippen LogP contribution in [-0.4, -0.2) is 19.1 Å². The molecule has 2 rings (SSSR count). The van der Waals surface area contributed by atoms with E-state index < -0.39 is 11.1 Å². The number of halogens is 1. The van der Waals surface area contributed by atoms with Gasteiger partial charge in [-0.05, 0) is 29.8 Å². The molecule has 0 saturated carbocycles. The summed E-state index contributed by atoms with van der Waals surface area (Å²) in [5, 5.41) is 0. The fourth-order valence-corrected chi connectivity index (χ4v) is 1.73. The second-order valence-corrected chi connectivity index (χ2v) is 4.44.